The fraction of sp³-hybridized carbons (Fsp3) is 0.0500. The normalized spacial score (nSPS) is 11.0. The molecule has 128 valence electrons. The summed E-state index contributed by atoms with van der Waals surface area (Å²) in [6.45, 7) is 0. The van der Waals surface area contributed by atoms with Gasteiger partial charge in [-0.2, -0.15) is 0 Å². The molecule has 0 unspecified atom stereocenters. The summed E-state index contributed by atoms with van der Waals surface area (Å²) in [7, 11) is 0. The van der Waals surface area contributed by atoms with Crippen LogP contribution in [0.4, 0.5) is 0 Å². The molecule has 0 bridgehead atoms. The zero-order valence-electron chi connectivity index (χ0n) is 13.4. The number of fused-ring (bicyclic) bond motifs is 1. The zero-order valence-corrected chi connectivity index (χ0v) is 15.8. The number of rotatable bonds is 4. The average Bonchev–Trinajstić information content (AvgIpc) is 3.08. The number of ketones is 1. The van der Waals surface area contributed by atoms with Crippen LogP contribution >= 0.6 is 34.5 Å². The summed E-state index contributed by atoms with van der Waals surface area (Å²) in [5, 5.41) is 1.74. The first kappa shape index (κ1) is 17.2. The van der Waals surface area contributed by atoms with Crippen LogP contribution in [0.5, 0.6) is 0 Å². The molecule has 2 aromatic heterocycles. The second kappa shape index (κ2) is 7.16. The van der Waals surface area contributed by atoms with Gasteiger partial charge in [0.05, 0.1) is 20.3 Å². The van der Waals surface area contributed by atoms with Crippen LogP contribution in [0.25, 0.3) is 20.8 Å². The van der Waals surface area contributed by atoms with Crippen LogP contribution < -0.4 is 0 Å². The second-order valence-corrected chi connectivity index (χ2v) is 7.64. The van der Waals surface area contributed by atoms with Gasteiger partial charge in [0, 0.05) is 29.9 Å². The molecular weight excluding hydrogens is 387 g/mol. The summed E-state index contributed by atoms with van der Waals surface area (Å²) in [5.74, 6) is -0.00536. The molecular formula is C20H12Cl2N2OS. The molecule has 0 saturated carbocycles. The highest BCUT2D eigenvalue weighted by Crippen LogP contribution is 2.30. The summed E-state index contributed by atoms with van der Waals surface area (Å²) in [4.78, 5) is 21.3. The minimum atomic E-state index is -0.00536. The summed E-state index contributed by atoms with van der Waals surface area (Å²) in [6.07, 6.45) is 3.84. The zero-order chi connectivity index (χ0) is 18.1. The first-order valence-electron chi connectivity index (χ1n) is 7.88. The molecule has 0 N–H and O–H groups in total. The highest BCUT2D eigenvalue weighted by molar-refractivity contribution is 7.21. The number of hydrogen-bond acceptors (Lipinski definition) is 4. The van der Waals surface area contributed by atoms with Gasteiger partial charge in [-0.15, -0.1) is 11.3 Å². The van der Waals surface area contributed by atoms with E-state index in [2.05, 4.69) is 9.97 Å². The predicted molar refractivity (Wildman–Crippen MR) is 107 cm³/mol. The van der Waals surface area contributed by atoms with Crippen molar-refractivity contribution in [2.75, 3.05) is 0 Å². The minimum absolute atomic E-state index is 0.00536. The Balaban J connectivity index is 1.61. The van der Waals surface area contributed by atoms with E-state index in [9.17, 15) is 4.79 Å². The SMILES string of the molecule is O=C(Cc1cccc(-c2nc3ccncc3s2)c1)c1ccc(Cl)c(Cl)c1. The van der Waals surface area contributed by atoms with E-state index in [0.29, 0.717) is 15.6 Å². The summed E-state index contributed by atoms with van der Waals surface area (Å²) in [5.41, 5.74) is 3.40. The summed E-state index contributed by atoms with van der Waals surface area (Å²) < 4.78 is 1.04. The first-order valence-corrected chi connectivity index (χ1v) is 9.45. The number of Topliss-reactive ketones (excluding diaryl/α,β-unsaturated/α-hetero) is 1. The van der Waals surface area contributed by atoms with Crippen LogP contribution in [-0.4, -0.2) is 15.8 Å². The Morgan fingerprint density at radius 1 is 1.04 bits per heavy atom. The quantitative estimate of drug-likeness (QED) is 0.390. The molecule has 0 atom stereocenters. The molecule has 4 rings (SSSR count). The molecule has 0 aliphatic rings. The van der Waals surface area contributed by atoms with Gasteiger partial charge in [-0.25, -0.2) is 4.98 Å². The van der Waals surface area contributed by atoms with Crippen molar-refractivity contribution >= 4 is 50.5 Å². The Kier molecular flexibility index (Phi) is 4.72. The maximum atomic E-state index is 12.5. The van der Waals surface area contributed by atoms with E-state index in [1.807, 2.05) is 36.5 Å². The average molecular weight is 399 g/mol. The second-order valence-electron chi connectivity index (χ2n) is 5.79. The standard InChI is InChI=1S/C20H12Cl2N2OS/c21-15-5-4-13(10-16(15)22)18(25)9-12-2-1-3-14(8-12)20-24-17-6-7-23-11-19(17)26-20/h1-8,10-11H,9H2. The third-order valence-electron chi connectivity index (χ3n) is 3.97. The maximum Gasteiger partial charge on any atom is 0.167 e. The molecule has 26 heavy (non-hydrogen) atoms. The van der Waals surface area contributed by atoms with Crippen molar-refractivity contribution in [3.63, 3.8) is 0 Å². The number of nitrogens with zero attached hydrogens (tertiary/aromatic N) is 2. The molecule has 2 aromatic carbocycles. The van der Waals surface area contributed by atoms with Gasteiger partial charge in [0.25, 0.3) is 0 Å². The molecule has 2 heterocycles. The Morgan fingerprint density at radius 2 is 1.92 bits per heavy atom. The number of aromatic nitrogens is 2. The van der Waals surface area contributed by atoms with Gasteiger partial charge in [0.15, 0.2) is 5.78 Å². The molecule has 0 radical (unpaired) electrons. The molecule has 0 saturated heterocycles. The minimum Gasteiger partial charge on any atom is -0.294 e. The van der Waals surface area contributed by atoms with E-state index < -0.39 is 0 Å². The third kappa shape index (κ3) is 3.49. The topological polar surface area (TPSA) is 42.9 Å². The van der Waals surface area contributed by atoms with Gasteiger partial charge in [-0.3, -0.25) is 9.78 Å². The van der Waals surface area contributed by atoms with Gasteiger partial charge in [0.2, 0.25) is 0 Å². The fourth-order valence-corrected chi connectivity index (χ4v) is 3.90. The van der Waals surface area contributed by atoms with Crippen LogP contribution in [-0.2, 0) is 6.42 Å². The van der Waals surface area contributed by atoms with E-state index in [4.69, 9.17) is 23.2 Å². The lowest BCUT2D eigenvalue weighted by Crippen LogP contribution is -2.03. The smallest absolute Gasteiger partial charge is 0.167 e. The third-order valence-corrected chi connectivity index (χ3v) is 5.77. The van der Waals surface area contributed by atoms with Crippen LogP contribution in [0.15, 0.2) is 60.9 Å². The first-order chi connectivity index (χ1) is 12.6. The lowest BCUT2D eigenvalue weighted by atomic mass is 10.0. The molecule has 0 fully saturated rings. The number of carbonyl (C=O) groups is 1. The van der Waals surface area contributed by atoms with Crippen molar-refractivity contribution in [1.29, 1.82) is 0 Å². The van der Waals surface area contributed by atoms with Crippen molar-refractivity contribution in [3.05, 3.63) is 82.1 Å². The van der Waals surface area contributed by atoms with Gasteiger partial charge in [0.1, 0.15) is 5.01 Å². The Labute approximate surface area is 164 Å². The Hall–Kier alpha value is -2.27. The van der Waals surface area contributed by atoms with Gasteiger partial charge in [-0.1, -0.05) is 41.4 Å². The molecule has 4 aromatic rings. The molecule has 3 nitrogen and oxygen atoms in total. The van der Waals surface area contributed by atoms with Crippen LogP contribution in [0.1, 0.15) is 15.9 Å². The number of halogens is 2. The summed E-state index contributed by atoms with van der Waals surface area (Å²) >= 11 is 13.5. The van der Waals surface area contributed by atoms with Crippen molar-refractivity contribution < 1.29 is 4.79 Å². The van der Waals surface area contributed by atoms with Crippen LogP contribution in [0.2, 0.25) is 10.0 Å². The van der Waals surface area contributed by atoms with Gasteiger partial charge < -0.3 is 0 Å². The summed E-state index contributed by atoms with van der Waals surface area (Å²) in [6, 6.07) is 14.7. The van der Waals surface area contributed by atoms with Crippen molar-refractivity contribution in [2.24, 2.45) is 0 Å². The number of benzene rings is 2. The molecule has 0 aliphatic carbocycles. The van der Waals surface area contributed by atoms with Crippen molar-refractivity contribution in [3.8, 4) is 10.6 Å². The van der Waals surface area contributed by atoms with Crippen LogP contribution in [0.3, 0.4) is 0 Å². The molecule has 0 amide bonds. The van der Waals surface area contributed by atoms with Crippen molar-refractivity contribution in [1.82, 2.24) is 9.97 Å². The van der Waals surface area contributed by atoms with Crippen LogP contribution in [0, 0.1) is 0 Å². The number of thiazole rings is 1. The highest BCUT2D eigenvalue weighted by Gasteiger charge is 2.11. The van der Waals surface area contributed by atoms with Crippen molar-refractivity contribution in [2.45, 2.75) is 6.42 Å². The number of pyridine rings is 1. The highest BCUT2D eigenvalue weighted by atomic mass is 35.5. The Bertz CT molecular complexity index is 1090. The predicted octanol–water partition coefficient (Wildman–Crippen LogP) is 6.09. The van der Waals surface area contributed by atoms with Gasteiger partial charge >= 0.3 is 0 Å². The molecule has 0 aliphatic heterocycles. The maximum absolute atomic E-state index is 12.5. The van der Waals surface area contributed by atoms with E-state index in [-0.39, 0.29) is 12.2 Å². The molecule has 6 heteroatoms. The van der Waals surface area contributed by atoms with E-state index in [1.165, 1.54) is 0 Å². The lowest BCUT2D eigenvalue weighted by molar-refractivity contribution is 0.0993. The van der Waals surface area contributed by atoms with Gasteiger partial charge in [-0.05, 0) is 35.9 Å². The Morgan fingerprint density at radius 3 is 2.73 bits per heavy atom. The fourth-order valence-electron chi connectivity index (χ4n) is 2.67. The van der Waals surface area contributed by atoms with E-state index >= 15 is 0 Å². The van der Waals surface area contributed by atoms with E-state index in [1.54, 1.807) is 35.7 Å². The molecule has 0 spiro atoms. The monoisotopic (exact) mass is 398 g/mol. The number of carbonyl (C=O) groups excluding carboxylic acids is 1. The van der Waals surface area contributed by atoms with E-state index in [0.717, 1.165) is 26.4 Å². The largest absolute Gasteiger partial charge is 0.294 e. The number of hydrogen-bond donors (Lipinski definition) is 0. The lowest BCUT2D eigenvalue weighted by Gasteiger charge is -2.05.